The van der Waals surface area contributed by atoms with Crippen molar-refractivity contribution in [3.05, 3.63) is 62.5 Å². The van der Waals surface area contributed by atoms with Gasteiger partial charge in [0.25, 0.3) is 5.56 Å². The Bertz CT molecular complexity index is 1080. The minimum atomic E-state index is 0.0524. The van der Waals surface area contributed by atoms with Gasteiger partial charge in [-0.15, -0.1) is 11.3 Å². The number of nitrogens with one attached hydrogen (secondary N) is 1. The molecule has 2 atom stereocenters. The average Bonchev–Trinajstić information content (AvgIpc) is 3.12. The van der Waals surface area contributed by atoms with Gasteiger partial charge in [0.05, 0.1) is 11.4 Å². The van der Waals surface area contributed by atoms with Crippen molar-refractivity contribution in [1.82, 2.24) is 19.8 Å². The summed E-state index contributed by atoms with van der Waals surface area (Å²) in [7, 11) is 0. The molecule has 1 aromatic carbocycles. The largest absolute Gasteiger partial charge is 0.309 e. The van der Waals surface area contributed by atoms with Crippen LogP contribution in [0, 0.1) is 5.92 Å². The highest BCUT2D eigenvalue weighted by molar-refractivity contribution is 7.18. The van der Waals surface area contributed by atoms with Crippen LogP contribution in [0.15, 0.2) is 35.1 Å². The molecule has 0 bridgehead atoms. The third-order valence-electron chi connectivity index (χ3n) is 6.78. The number of hydrogen-bond acceptors (Lipinski definition) is 5. The molecule has 1 aliphatic heterocycles. The molecule has 6 heteroatoms. The van der Waals surface area contributed by atoms with Crippen molar-refractivity contribution in [3.8, 4) is 0 Å². The van der Waals surface area contributed by atoms with Gasteiger partial charge in [0.2, 0.25) is 0 Å². The predicted molar refractivity (Wildman–Crippen MR) is 123 cm³/mol. The summed E-state index contributed by atoms with van der Waals surface area (Å²) in [6.07, 6.45) is 3.27. The van der Waals surface area contributed by atoms with Crippen LogP contribution in [0.4, 0.5) is 0 Å². The van der Waals surface area contributed by atoms with E-state index in [1.165, 1.54) is 22.4 Å². The second-order valence-corrected chi connectivity index (χ2v) is 10.0. The summed E-state index contributed by atoms with van der Waals surface area (Å²) in [4.78, 5) is 28.3. The van der Waals surface area contributed by atoms with Crippen molar-refractivity contribution in [2.45, 2.75) is 45.7 Å². The molecule has 0 amide bonds. The molecule has 0 spiro atoms. The average molecular weight is 423 g/mol. The first-order chi connectivity index (χ1) is 14.6. The van der Waals surface area contributed by atoms with E-state index in [0.717, 1.165) is 61.6 Å². The van der Waals surface area contributed by atoms with E-state index in [-0.39, 0.29) is 11.6 Å². The second kappa shape index (κ2) is 8.25. The maximum atomic E-state index is 12.9. The van der Waals surface area contributed by atoms with E-state index in [1.54, 1.807) is 11.3 Å². The van der Waals surface area contributed by atoms with E-state index >= 15 is 0 Å². The Labute approximate surface area is 181 Å². The summed E-state index contributed by atoms with van der Waals surface area (Å²) in [5.74, 6) is 1.52. The van der Waals surface area contributed by atoms with Gasteiger partial charge < -0.3 is 4.98 Å². The zero-order chi connectivity index (χ0) is 20.7. The molecule has 5 nitrogen and oxygen atoms in total. The van der Waals surface area contributed by atoms with E-state index in [2.05, 4.69) is 59.0 Å². The summed E-state index contributed by atoms with van der Waals surface area (Å²) >= 11 is 1.74. The zero-order valence-electron chi connectivity index (χ0n) is 17.9. The number of aryl methyl sites for hydroxylation is 1. The molecule has 0 unspecified atom stereocenters. The molecule has 5 rings (SSSR count). The van der Waals surface area contributed by atoms with Gasteiger partial charge in [-0.25, -0.2) is 4.98 Å². The summed E-state index contributed by atoms with van der Waals surface area (Å²) in [6, 6.07) is 10.8. The van der Waals surface area contributed by atoms with Crippen LogP contribution in [0.5, 0.6) is 0 Å². The van der Waals surface area contributed by atoms with Crippen molar-refractivity contribution in [3.63, 3.8) is 0 Å². The Balaban J connectivity index is 1.30. The molecule has 158 valence electrons. The molecule has 1 saturated heterocycles. The number of fused-ring (bicyclic) bond motifs is 3. The van der Waals surface area contributed by atoms with Gasteiger partial charge in [0.1, 0.15) is 10.7 Å². The van der Waals surface area contributed by atoms with Gasteiger partial charge in [0.15, 0.2) is 0 Å². The molecular formula is C24H30N4OS. The molecule has 2 aliphatic rings. The number of thiophene rings is 1. The van der Waals surface area contributed by atoms with Gasteiger partial charge in [-0.1, -0.05) is 37.3 Å². The number of piperazine rings is 1. The van der Waals surface area contributed by atoms with Crippen molar-refractivity contribution < 1.29 is 0 Å². The Hall–Kier alpha value is -2.02. The van der Waals surface area contributed by atoms with E-state index in [1.807, 2.05) is 0 Å². The van der Waals surface area contributed by atoms with E-state index in [0.29, 0.717) is 5.92 Å². The highest BCUT2D eigenvalue weighted by Crippen LogP contribution is 2.36. The van der Waals surface area contributed by atoms with Crippen LogP contribution in [0.25, 0.3) is 10.2 Å². The lowest BCUT2D eigenvalue weighted by molar-refractivity contribution is 0.0948. The minimum Gasteiger partial charge on any atom is -0.309 e. The van der Waals surface area contributed by atoms with Gasteiger partial charge in [-0.3, -0.25) is 14.6 Å². The Morgan fingerprint density at radius 3 is 2.73 bits per heavy atom. The molecule has 1 aliphatic carbocycles. The molecular weight excluding hydrogens is 392 g/mol. The Morgan fingerprint density at radius 2 is 1.97 bits per heavy atom. The molecule has 3 heterocycles. The molecule has 0 radical (unpaired) electrons. The number of hydrogen-bond donors (Lipinski definition) is 1. The molecule has 1 N–H and O–H groups in total. The summed E-state index contributed by atoms with van der Waals surface area (Å²) in [6.45, 7) is 9.54. The molecule has 1 fully saturated rings. The van der Waals surface area contributed by atoms with Crippen LogP contribution in [0.1, 0.15) is 48.1 Å². The lowest BCUT2D eigenvalue weighted by Crippen LogP contribution is -2.47. The predicted octanol–water partition coefficient (Wildman–Crippen LogP) is 3.99. The fourth-order valence-electron chi connectivity index (χ4n) is 4.89. The van der Waals surface area contributed by atoms with Gasteiger partial charge >= 0.3 is 0 Å². The van der Waals surface area contributed by atoms with Crippen LogP contribution in [0.3, 0.4) is 0 Å². The monoisotopic (exact) mass is 422 g/mol. The van der Waals surface area contributed by atoms with Crippen LogP contribution in [0.2, 0.25) is 0 Å². The minimum absolute atomic E-state index is 0.0524. The van der Waals surface area contributed by atoms with Gasteiger partial charge in [0, 0.05) is 37.6 Å². The van der Waals surface area contributed by atoms with E-state index < -0.39 is 0 Å². The Morgan fingerprint density at radius 1 is 1.20 bits per heavy atom. The fourth-order valence-corrected chi connectivity index (χ4v) is 6.28. The fraction of sp³-hybridized carbons (Fsp3) is 0.500. The number of rotatable bonds is 4. The summed E-state index contributed by atoms with van der Waals surface area (Å²) in [5, 5.41) is 0.852. The van der Waals surface area contributed by atoms with Crippen molar-refractivity contribution in [2.75, 3.05) is 26.2 Å². The van der Waals surface area contributed by atoms with Crippen LogP contribution in [-0.2, 0) is 19.4 Å². The Kier molecular flexibility index (Phi) is 5.48. The highest BCUT2D eigenvalue weighted by Gasteiger charge is 2.26. The number of aromatic nitrogens is 2. The van der Waals surface area contributed by atoms with Crippen LogP contribution < -0.4 is 5.56 Å². The first kappa shape index (κ1) is 19.9. The SMILES string of the molecule is C[C@@H]1CCc2c(sc3nc([C@@H](C)N4CCN(Cc5ccccc5)CC4)[nH]c(=O)c23)C1. The maximum Gasteiger partial charge on any atom is 0.259 e. The van der Waals surface area contributed by atoms with Crippen LogP contribution in [-0.4, -0.2) is 45.9 Å². The molecule has 30 heavy (non-hydrogen) atoms. The van der Waals surface area contributed by atoms with E-state index in [4.69, 9.17) is 4.98 Å². The lowest BCUT2D eigenvalue weighted by atomic mass is 9.89. The van der Waals surface area contributed by atoms with Gasteiger partial charge in [-0.05, 0) is 43.2 Å². The topological polar surface area (TPSA) is 52.2 Å². The first-order valence-electron chi connectivity index (χ1n) is 11.1. The second-order valence-electron chi connectivity index (χ2n) is 8.96. The third-order valence-corrected chi connectivity index (χ3v) is 7.93. The van der Waals surface area contributed by atoms with Crippen molar-refractivity contribution in [2.24, 2.45) is 5.92 Å². The quantitative estimate of drug-likeness (QED) is 0.691. The van der Waals surface area contributed by atoms with E-state index in [9.17, 15) is 4.79 Å². The van der Waals surface area contributed by atoms with Crippen molar-refractivity contribution in [1.29, 1.82) is 0 Å². The highest BCUT2D eigenvalue weighted by atomic mass is 32.1. The standard InChI is InChI=1S/C24H30N4OS/c1-16-8-9-19-20(14-16)30-24-21(19)23(29)25-22(26-24)17(2)28-12-10-27(11-13-28)15-18-6-4-3-5-7-18/h3-7,16-17H,8-15H2,1-2H3,(H,25,26,29)/t16-,17-/m1/s1. The zero-order valence-corrected chi connectivity index (χ0v) is 18.7. The summed E-state index contributed by atoms with van der Waals surface area (Å²) in [5.41, 5.74) is 2.68. The number of benzene rings is 1. The first-order valence-corrected chi connectivity index (χ1v) is 11.9. The molecule has 2 aromatic heterocycles. The van der Waals surface area contributed by atoms with Crippen molar-refractivity contribution >= 4 is 21.6 Å². The lowest BCUT2D eigenvalue weighted by Gasteiger charge is -2.37. The summed E-state index contributed by atoms with van der Waals surface area (Å²) < 4.78 is 0. The number of nitrogens with zero attached hydrogens (tertiary/aromatic N) is 3. The smallest absolute Gasteiger partial charge is 0.259 e. The third kappa shape index (κ3) is 3.84. The normalized spacial score (nSPS) is 21.6. The molecule has 3 aromatic rings. The molecule has 0 saturated carbocycles. The van der Waals surface area contributed by atoms with Gasteiger partial charge in [-0.2, -0.15) is 0 Å². The number of aromatic amines is 1. The van der Waals surface area contributed by atoms with Crippen LogP contribution >= 0.6 is 11.3 Å². The number of H-pyrrole nitrogens is 1. The maximum absolute atomic E-state index is 12.9.